The summed E-state index contributed by atoms with van der Waals surface area (Å²) in [6, 6.07) is 7.07. The molecule has 0 bridgehead atoms. The zero-order valence-corrected chi connectivity index (χ0v) is 25.7. The predicted octanol–water partition coefficient (Wildman–Crippen LogP) is 6.16. The van der Waals surface area contributed by atoms with Crippen LogP contribution in [-0.2, 0) is 17.7 Å². The number of thiophene rings is 1. The molecule has 0 amide bonds. The number of ether oxygens (including phenoxy) is 1. The van der Waals surface area contributed by atoms with Crippen LogP contribution in [0.3, 0.4) is 0 Å². The summed E-state index contributed by atoms with van der Waals surface area (Å²) in [5, 5.41) is 30.0. The third kappa shape index (κ3) is 5.35. The maximum atomic E-state index is 9.90. The molecule has 2 N–H and O–H groups in total. The van der Waals surface area contributed by atoms with Gasteiger partial charge in [0.15, 0.2) is 0 Å². The van der Waals surface area contributed by atoms with E-state index in [2.05, 4.69) is 75.3 Å². The van der Waals surface area contributed by atoms with Crippen molar-refractivity contribution in [1.29, 1.82) is 5.26 Å². The molecule has 4 aromatic rings. The number of hydrogen-bond donors (Lipinski definition) is 2. The first kappa shape index (κ1) is 27.6. The van der Waals surface area contributed by atoms with Crippen molar-refractivity contribution >= 4 is 45.2 Å². The molecule has 3 aliphatic rings. The first-order chi connectivity index (χ1) is 20.3. The van der Waals surface area contributed by atoms with E-state index in [0.717, 1.165) is 68.0 Å². The highest BCUT2D eigenvalue weighted by Crippen LogP contribution is 2.41. The van der Waals surface area contributed by atoms with Gasteiger partial charge in [0, 0.05) is 41.8 Å². The van der Waals surface area contributed by atoms with E-state index >= 15 is 0 Å². The average molecular weight is 603 g/mol. The van der Waals surface area contributed by atoms with Crippen molar-refractivity contribution in [2.45, 2.75) is 64.7 Å². The van der Waals surface area contributed by atoms with E-state index < -0.39 is 0 Å². The number of rotatable bonds is 8. The van der Waals surface area contributed by atoms with Gasteiger partial charge in [-0.2, -0.15) is 5.26 Å². The molecule has 3 aromatic heterocycles. The highest BCUT2D eigenvalue weighted by atomic mass is 35.5. The molecule has 1 saturated heterocycles. The molecule has 7 rings (SSSR count). The molecule has 9 nitrogen and oxygen atoms in total. The Bertz CT molecular complexity index is 1680. The third-order valence-electron chi connectivity index (χ3n) is 8.35. The number of halogens is 1. The summed E-state index contributed by atoms with van der Waals surface area (Å²) in [4.78, 5) is 8.51. The number of anilines is 2. The number of nitriles is 1. The molecule has 0 unspecified atom stereocenters. The molecule has 2 aliphatic heterocycles. The SMILES string of the molecule is CC(C)(C)CNc1c(C#N)cnc2c(Cl)cc(N[C@@H](c3cn(C4CC4)nn3)c3csc4c3CCN(C3COC3)C4)cc12. The minimum atomic E-state index is -0.192. The monoisotopic (exact) mass is 602 g/mol. The van der Waals surface area contributed by atoms with Crippen LogP contribution in [0.5, 0.6) is 0 Å². The van der Waals surface area contributed by atoms with Crippen LogP contribution in [0.2, 0.25) is 5.02 Å². The molecule has 11 heteroatoms. The van der Waals surface area contributed by atoms with E-state index in [1.54, 1.807) is 6.20 Å². The minimum Gasteiger partial charge on any atom is -0.383 e. The van der Waals surface area contributed by atoms with Crippen molar-refractivity contribution in [1.82, 2.24) is 24.9 Å². The van der Waals surface area contributed by atoms with Gasteiger partial charge in [0.05, 0.1) is 59.3 Å². The predicted molar refractivity (Wildman–Crippen MR) is 166 cm³/mol. The zero-order valence-electron chi connectivity index (χ0n) is 24.2. The third-order valence-corrected chi connectivity index (χ3v) is 9.67. The maximum Gasteiger partial charge on any atom is 0.110 e. The van der Waals surface area contributed by atoms with E-state index in [9.17, 15) is 5.26 Å². The van der Waals surface area contributed by atoms with Gasteiger partial charge in [-0.3, -0.25) is 9.88 Å². The zero-order chi connectivity index (χ0) is 29.0. The molecule has 0 radical (unpaired) electrons. The molecule has 1 aromatic carbocycles. The van der Waals surface area contributed by atoms with Crippen LogP contribution >= 0.6 is 22.9 Å². The van der Waals surface area contributed by atoms with Crippen molar-refractivity contribution in [3.05, 3.63) is 62.2 Å². The van der Waals surface area contributed by atoms with Crippen LogP contribution in [0, 0.1) is 16.7 Å². The van der Waals surface area contributed by atoms with Gasteiger partial charge < -0.3 is 15.4 Å². The topological polar surface area (TPSA) is 104 Å². The molecular formula is C31H35ClN8OS. The van der Waals surface area contributed by atoms with Gasteiger partial charge in [0.25, 0.3) is 0 Å². The van der Waals surface area contributed by atoms with E-state index in [4.69, 9.17) is 16.3 Å². The molecular weight excluding hydrogens is 568 g/mol. The Morgan fingerprint density at radius 1 is 1.24 bits per heavy atom. The Kier molecular flexibility index (Phi) is 7.09. The number of pyridine rings is 1. The van der Waals surface area contributed by atoms with Gasteiger partial charge in [-0.15, -0.1) is 16.4 Å². The second-order valence-electron chi connectivity index (χ2n) is 12.9. The maximum absolute atomic E-state index is 9.90. The molecule has 2 fully saturated rings. The highest BCUT2D eigenvalue weighted by Gasteiger charge is 2.33. The van der Waals surface area contributed by atoms with E-state index in [1.165, 1.54) is 16.0 Å². The van der Waals surface area contributed by atoms with Crippen molar-refractivity contribution in [3.63, 3.8) is 0 Å². The lowest BCUT2D eigenvalue weighted by atomic mass is 9.95. The van der Waals surface area contributed by atoms with Crippen molar-refractivity contribution in [2.24, 2.45) is 5.41 Å². The van der Waals surface area contributed by atoms with Crippen molar-refractivity contribution in [3.8, 4) is 6.07 Å². The number of fused-ring (bicyclic) bond motifs is 2. The highest BCUT2D eigenvalue weighted by molar-refractivity contribution is 7.10. The molecule has 0 spiro atoms. The Labute approximate surface area is 254 Å². The van der Waals surface area contributed by atoms with Crippen molar-refractivity contribution < 1.29 is 4.74 Å². The quantitative estimate of drug-likeness (QED) is 0.247. The summed E-state index contributed by atoms with van der Waals surface area (Å²) >= 11 is 8.68. The van der Waals surface area contributed by atoms with Gasteiger partial charge in [-0.25, -0.2) is 4.68 Å². The van der Waals surface area contributed by atoms with Crippen LogP contribution in [-0.4, -0.2) is 57.2 Å². The van der Waals surface area contributed by atoms with Gasteiger partial charge in [-0.05, 0) is 53.3 Å². The number of aromatic nitrogens is 4. The summed E-state index contributed by atoms with van der Waals surface area (Å²) in [7, 11) is 0. The lowest BCUT2D eigenvalue weighted by Gasteiger charge is -2.39. The number of nitrogens with zero attached hydrogens (tertiary/aromatic N) is 6. The fraction of sp³-hybridized carbons (Fsp3) is 0.484. The smallest absolute Gasteiger partial charge is 0.110 e. The molecule has 5 heterocycles. The summed E-state index contributed by atoms with van der Waals surface area (Å²) in [5.74, 6) is 0. The normalized spacial score (nSPS) is 18.4. The number of nitrogens with one attached hydrogen (secondary N) is 2. The Morgan fingerprint density at radius 2 is 2.07 bits per heavy atom. The minimum absolute atomic E-state index is 0.0275. The van der Waals surface area contributed by atoms with Crippen LogP contribution in [0.4, 0.5) is 11.4 Å². The fourth-order valence-electron chi connectivity index (χ4n) is 5.75. The second-order valence-corrected chi connectivity index (χ2v) is 14.2. The van der Waals surface area contributed by atoms with Crippen LogP contribution in [0.25, 0.3) is 10.9 Å². The largest absolute Gasteiger partial charge is 0.383 e. The fourth-order valence-corrected chi connectivity index (χ4v) is 7.17. The Hall–Kier alpha value is -3.23. The molecule has 1 atom stereocenters. The van der Waals surface area contributed by atoms with E-state index in [1.807, 2.05) is 22.1 Å². The van der Waals surface area contributed by atoms with Gasteiger partial charge >= 0.3 is 0 Å². The first-order valence-electron chi connectivity index (χ1n) is 14.6. The van der Waals surface area contributed by atoms with Gasteiger partial charge in [-0.1, -0.05) is 37.6 Å². The van der Waals surface area contributed by atoms with E-state index in [0.29, 0.717) is 34.7 Å². The van der Waals surface area contributed by atoms with E-state index in [-0.39, 0.29) is 11.5 Å². The first-order valence-corrected chi connectivity index (χ1v) is 15.9. The summed E-state index contributed by atoms with van der Waals surface area (Å²) in [6.45, 7) is 10.8. The van der Waals surface area contributed by atoms with Gasteiger partial charge in [0.1, 0.15) is 11.8 Å². The summed E-state index contributed by atoms with van der Waals surface area (Å²) < 4.78 is 7.47. The molecule has 1 saturated carbocycles. The number of hydrogen-bond acceptors (Lipinski definition) is 9. The average Bonchev–Trinajstić information content (AvgIpc) is 3.51. The van der Waals surface area contributed by atoms with Crippen LogP contribution < -0.4 is 10.6 Å². The van der Waals surface area contributed by atoms with Gasteiger partial charge in [0.2, 0.25) is 0 Å². The lowest BCUT2D eigenvalue weighted by molar-refractivity contribution is -0.0691. The molecule has 1 aliphatic carbocycles. The standard InChI is InChI=1S/C31H35ClN8OS/c1-31(2,3)17-35-28-18(10-33)11-34-29-23(28)8-19(9-25(29)32)36-30(26-12-40(38-37-26)20-4-5-20)24-16-42-27-13-39(7-6-22(24)27)21-14-41-15-21/h8-9,11-12,16,20-21,30,36H,4-7,13-15,17H2,1-3H3,(H,34,35)/t30-/m1/s1. The van der Waals surface area contributed by atoms with Crippen LogP contribution in [0.1, 0.15) is 73.0 Å². The summed E-state index contributed by atoms with van der Waals surface area (Å²) in [5.41, 5.74) is 6.34. The lowest BCUT2D eigenvalue weighted by Crippen LogP contribution is -2.50. The molecule has 218 valence electrons. The summed E-state index contributed by atoms with van der Waals surface area (Å²) in [6.07, 6.45) is 6.98. The second kappa shape index (κ2) is 10.8. The number of benzene rings is 1. The van der Waals surface area contributed by atoms with Crippen molar-refractivity contribution in [2.75, 3.05) is 36.9 Å². The Morgan fingerprint density at radius 3 is 2.79 bits per heavy atom. The Balaban J connectivity index is 1.27. The van der Waals surface area contributed by atoms with Crippen LogP contribution in [0.15, 0.2) is 29.9 Å². The molecule has 42 heavy (non-hydrogen) atoms.